The Balaban J connectivity index is 1.11. The lowest BCUT2D eigenvalue weighted by Crippen LogP contribution is -2.27. The smallest absolute Gasteiger partial charge is 0.251 e. The number of carbonyl (C=O) groups is 3. The fourth-order valence-corrected chi connectivity index (χ4v) is 9.89. The average molecular weight is 917 g/mol. The molecule has 0 atom stereocenters. The third-order valence-electron chi connectivity index (χ3n) is 11.5. The second-order valence-corrected chi connectivity index (χ2v) is 20.3. The molecule has 4 aromatic carbocycles. The number of carbonyl (C=O) groups excluding carboxylic acids is 3. The predicted octanol–water partition coefficient (Wildman–Crippen LogP) is 8.92. The number of sulfone groups is 1. The summed E-state index contributed by atoms with van der Waals surface area (Å²) in [4.78, 5) is 40.0. The molecule has 0 bridgehead atoms. The first kappa shape index (κ1) is 49.8. The first-order valence-electron chi connectivity index (χ1n) is 22.7. The van der Waals surface area contributed by atoms with Gasteiger partial charge in [0.15, 0.2) is 11.6 Å². The highest BCUT2D eigenvalue weighted by molar-refractivity contribution is 7.91. The summed E-state index contributed by atoms with van der Waals surface area (Å²) in [6.07, 6.45) is 18.2. The van der Waals surface area contributed by atoms with Crippen LogP contribution in [-0.2, 0) is 26.3 Å². The lowest BCUT2D eigenvalue weighted by molar-refractivity contribution is 0.0952. The number of phenols is 2. The second kappa shape index (κ2) is 24.2. The summed E-state index contributed by atoms with van der Waals surface area (Å²) in [7, 11) is -7.65. The molecule has 1 aliphatic carbocycles. The molecule has 15 heteroatoms. The van der Waals surface area contributed by atoms with Crippen LogP contribution >= 0.6 is 0 Å². The number of rotatable bonds is 28. The second-order valence-electron chi connectivity index (χ2n) is 16.6. The molecular formula is C49H64N4O9S2. The van der Waals surface area contributed by atoms with Crippen molar-refractivity contribution in [3.63, 3.8) is 0 Å². The van der Waals surface area contributed by atoms with E-state index in [0.717, 1.165) is 38.0 Å². The van der Waals surface area contributed by atoms with Crippen molar-refractivity contribution in [3.05, 3.63) is 106 Å². The van der Waals surface area contributed by atoms with Gasteiger partial charge in [-0.1, -0.05) is 114 Å². The summed E-state index contributed by atoms with van der Waals surface area (Å²) in [5.41, 5.74) is 2.48. The van der Waals surface area contributed by atoms with E-state index in [1.165, 1.54) is 88.1 Å². The Bertz CT molecular complexity index is 2470. The molecular weight excluding hydrogens is 853 g/mol. The van der Waals surface area contributed by atoms with E-state index in [2.05, 4.69) is 27.6 Å². The monoisotopic (exact) mass is 916 g/mol. The van der Waals surface area contributed by atoms with Gasteiger partial charge in [-0.15, -0.1) is 0 Å². The number of aryl methyl sites for hydroxylation is 1. The Kier molecular flexibility index (Phi) is 18.8. The van der Waals surface area contributed by atoms with Gasteiger partial charge < -0.3 is 26.2 Å². The van der Waals surface area contributed by atoms with E-state index < -0.39 is 36.4 Å². The maximum atomic E-state index is 13.8. The van der Waals surface area contributed by atoms with Crippen molar-refractivity contribution in [2.75, 3.05) is 43.1 Å². The van der Waals surface area contributed by atoms with Gasteiger partial charge >= 0.3 is 0 Å². The topological polar surface area (TPSA) is 208 Å². The maximum absolute atomic E-state index is 13.8. The third kappa shape index (κ3) is 13.9. The molecule has 0 unspecified atom stereocenters. The SMILES string of the molecule is CCCCCCCCCCCCCCCc1cc(O)c(S(=O)(=O)c2cccc(C(=O)NCCCNc3ccc(NCCCNS(C)(=O)=O)c4c3C(=O)c3ccccc3C4=O)c2)cc1O. The number of sulfonamides is 1. The van der Waals surface area contributed by atoms with Crippen LogP contribution in [0.25, 0.3) is 0 Å². The number of fused-ring (bicyclic) bond motifs is 2. The number of benzene rings is 4. The molecule has 0 saturated carbocycles. The van der Waals surface area contributed by atoms with Crippen molar-refractivity contribution in [3.8, 4) is 11.5 Å². The number of amides is 1. The van der Waals surface area contributed by atoms with E-state index in [4.69, 9.17) is 0 Å². The maximum Gasteiger partial charge on any atom is 0.251 e. The molecule has 0 aliphatic heterocycles. The van der Waals surface area contributed by atoms with Crippen LogP contribution in [-0.4, -0.2) is 77.0 Å². The quantitative estimate of drug-likeness (QED) is 0.0206. The zero-order valence-electron chi connectivity index (χ0n) is 37.1. The highest BCUT2D eigenvalue weighted by Gasteiger charge is 2.34. The summed E-state index contributed by atoms with van der Waals surface area (Å²) >= 11 is 0. The molecule has 64 heavy (non-hydrogen) atoms. The number of ketones is 2. The zero-order chi connectivity index (χ0) is 46.1. The van der Waals surface area contributed by atoms with Gasteiger partial charge in [0.05, 0.1) is 22.3 Å². The lowest BCUT2D eigenvalue weighted by Gasteiger charge is -2.24. The molecule has 5 rings (SSSR count). The Morgan fingerprint density at radius 3 is 1.66 bits per heavy atom. The van der Waals surface area contributed by atoms with Crippen LogP contribution < -0.4 is 20.7 Å². The molecule has 0 fully saturated rings. The van der Waals surface area contributed by atoms with Crippen LogP contribution in [0.5, 0.6) is 11.5 Å². The van der Waals surface area contributed by atoms with Crippen LogP contribution in [0.1, 0.15) is 151 Å². The number of hydrogen-bond donors (Lipinski definition) is 6. The van der Waals surface area contributed by atoms with Crippen molar-refractivity contribution < 1.29 is 41.4 Å². The molecule has 1 aliphatic rings. The highest BCUT2D eigenvalue weighted by Crippen LogP contribution is 2.37. The number of aromatic hydroxyl groups is 2. The Morgan fingerprint density at radius 1 is 0.578 bits per heavy atom. The van der Waals surface area contributed by atoms with Crippen LogP contribution in [0.4, 0.5) is 11.4 Å². The summed E-state index contributed by atoms with van der Waals surface area (Å²) in [6, 6.07) is 17.9. The minimum Gasteiger partial charge on any atom is -0.508 e. The average Bonchev–Trinajstić information content (AvgIpc) is 3.27. The van der Waals surface area contributed by atoms with E-state index in [0.29, 0.717) is 60.4 Å². The molecule has 4 aromatic rings. The van der Waals surface area contributed by atoms with Gasteiger partial charge in [-0.25, -0.2) is 21.6 Å². The summed E-state index contributed by atoms with van der Waals surface area (Å²) in [5, 5.41) is 30.8. The van der Waals surface area contributed by atoms with Gasteiger partial charge in [-0.3, -0.25) is 14.4 Å². The van der Waals surface area contributed by atoms with Gasteiger partial charge in [0.1, 0.15) is 16.4 Å². The van der Waals surface area contributed by atoms with Crippen LogP contribution in [0.15, 0.2) is 82.6 Å². The Labute approximate surface area is 378 Å². The predicted molar refractivity (Wildman–Crippen MR) is 252 cm³/mol. The molecule has 0 saturated heterocycles. The van der Waals surface area contributed by atoms with Crippen LogP contribution in [0.3, 0.4) is 0 Å². The van der Waals surface area contributed by atoms with E-state index >= 15 is 0 Å². The van der Waals surface area contributed by atoms with Gasteiger partial charge in [-0.2, -0.15) is 0 Å². The lowest BCUT2D eigenvalue weighted by atomic mass is 9.82. The molecule has 0 heterocycles. The van der Waals surface area contributed by atoms with Crippen molar-refractivity contribution in [1.82, 2.24) is 10.0 Å². The van der Waals surface area contributed by atoms with Crippen molar-refractivity contribution >= 4 is 48.7 Å². The van der Waals surface area contributed by atoms with Crippen molar-refractivity contribution in [1.29, 1.82) is 0 Å². The fraction of sp³-hybridized carbons (Fsp3) is 0.449. The zero-order valence-corrected chi connectivity index (χ0v) is 38.8. The summed E-state index contributed by atoms with van der Waals surface area (Å²) in [5.74, 6) is -1.82. The van der Waals surface area contributed by atoms with E-state index in [1.807, 2.05) is 0 Å². The fourth-order valence-electron chi connectivity index (χ4n) is 7.98. The summed E-state index contributed by atoms with van der Waals surface area (Å²) in [6.45, 7) is 3.29. The third-order valence-corrected chi connectivity index (χ3v) is 14.0. The Hall–Kier alpha value is -5.25. The standard InChI is InChI=1S/C49H64N4O9S2/c1-3-4-5-6-7-8-9-10-11-12-13-14-15-21-35-33-43(55)44(34-42(35)54)64(61,62)37-23-18-22-36(32-37)49(58)52-30-19-28-50-40-26-27-41(51-29-20-31-53-63(2,59)60)46-45(40)47(56)38-24-16-17-25-39(38)48(46)57/h16-18,22-27,32-34,50-51,53-55H,3-15,19-21,28-31H2,1-2H3,(H,52,58). The van der Waals surface area contributed by atoms with E-state index in [-0.39, 0.29) is 52.0 Å². The number of anilines is 2. The normalized spacial score (nSPS) is 12.5. The molecule has 1 amide bonds. The van der Waals surface area contributed by atoms with Gasteiger partial charge in [0.2, 0.25) is 19.9 Å². The van der Waals surface area contributed by atoms with Gasteiger partial charge in [-0.05, 0) is 67.6 Å². The van der Waals surface area contributed by atoms with E-state index in [1.54, 1.807) is 36.4 Å². The number of unbranched alkanes of at least 4 members (excludes halogenated alkanes) is 12. The van der Waals surface area contributed by atoms with Crippen LogP contribution in [0.2, 0.25) is 0 Å². The van der Waals surface area contributed by atoms with E-state index in [9.17, 15) is 41.4 Å². The highest BCUT2D eigenvalue weighted by atomic mass is 32.2. The van der Waals surface area contributed by atoms with Crippen LogP contribution in [0, 0.1) is 0 Å². The van der Waals surface area contributed by atoms with Crippen molar-refractivity contribution in [2.45, 2.75) is 119 Å². The largest absolute Gasteiger partial charge is 0.508 e. The number of hydrogen-bond acceptors (Lipinski definition) is 11. The number of phenolic OH excluding ortho intramolecular Hbond substituents is 2. The number of nitrogens with one attached hydrogen (secondary N) is 4. The van der Waals surface area contributed by atoms with Crippen molar-refractivity contribution in [2.24, 2.45) is 0 Å². The minimum absolute atomic E-state index is 0.0869. The molecule has 0 radical (unpaired) electrons. The first-order valence-corrected chi connectivity index (χ1v) is 26.1. The molecule has 346 valence electrons. The minimum atomic E-state index is -4.31. The molecule has 6 N–H and O–H groups in total. The van der Waals surface area contributed by atoms with Gasteiger partial charge in [0, 0.05) is 60.3 Å². The molecule has 0 aromatic heterocycles. The first-order chi connectivity index (χ1) is 30.7. The van der Waals surface area contributed by atoms with Gasteiger partial charge in [0.25, 0.3) is 5.91 Å². The molecule has 13 nitrogen and oxygen atoms in total. The molecule has 0 spiro atoms. The Morgan fingerprint density at radius 2 is 1.11 bits per heavy atom. The summed E-state index contributed by atoms with van der Waals surface area (Å²) < 4.78 is 52.6.